The normalized spacial score (nSPS) is 11.5. The van der Waals surface area contributed by atoms with Gasteiger partial charge < -0.3 is 82.4 Å². The Labute approximate surface area is 461 Å². The Balaban J connectivity index is 1.05. The number of pyridine rings is 1. The number of aromatic nitrogens is 1. The van der Waals surface area contributed by atoms with Crippen LogP contribution >= 0.6 is 0 Å². The third-order valence-electron chi connectivity index (χ3n) is 11.5. The van der Waals surface area contributed by atoms with E-state index in [-0.39, 0.29) is 57.5 Å². The molecule has 0 fully saturated rings. The minimum absolute atomic E-state index is 0.118. The van der Waals surface area contributed by atoms with E-state index < -0.39 is 23.7 Å². The van der Waals surface area contributed by atoms with Gasteiger partial charge in [-0.15, -0.1) is 0 Å². The number of halogens is 3. The molecule has 4 aromatic rings. The molecule has 0 aliphatic rings. The van der Waals surface area contributed by atoms with E-state index in [1.54, 1.807) is 37.4 Å². The molecule has 438 valence electrons. The van der Waals surface area contributed by atoms with Gasteiger partial charge in [0.25, 0.3) is 11.8 Å². The highest BCUT2D eigenvalue weighted by atomic mass is 19.4. The highest BCUT2D eigenvalue weighted by molar-refractivity contribution is 6.06. The van der Waals surface area contributed by atoms with Crippen molar-refractivity contribution in [2.75, 3.05) is 176 Å². The fourth-order valence-electron chi connectivity index (χ4n) is 7.33. The molecule has 1 heterocycles. The summed E-state index contributed by atoms with van der Waals surface area (Å²) in [5, 5.41) is 17.2. The van der Waals surface area contributed by atoms with Crippen molar-refractivity contribution in [1.82, 2.24) is 15.2 Å². The van der Waals surface area contributed by atoms with Gasteiger partial charge in [-0.25, -0.2) is 0 Å². The van der Waals surface area contributed by atoms with Crippen LogP contribution < -0.4 is 20.6 Å². The molecule has 0 saturated carbocycles. The second kappa shape index (κ2) is 39.5. The van der Waals surface area contributed by atoms with Crippen LogP contribution in [0.15, 0.2) is 85.1 Å². The number of nitrogens with zero attached hydrogens (tertiary/aromatic N) is 3. The first kappa shape index (κ1) is 65.7. The third kappa shape index (κ3) is 27.3. The first-order valence-electron chi connectivity index (χ1n) is 26.4. The highest BCUT2D eigenvalue weighted by Gasteiger charge is 2.30. The van der Waals surface area contributed by atoms with Crippen molar-refractivity contribution < 1.29 is 84.8 Å². The molecule has 0 aliphatic heterocycles. The van der Waals surface area contributed by atoms with Gasteiger partial charge in [-0.1, -0.05) is 24.3 Å². The number of anilines is 2. The molecule has 3 aromatic carbocycles. The molecule has 0 unspecified atom stereocenters. The molecule has 0 saturated heterocycles. The molecular formula is C56H77F3N5O15-. The van der Waals surface area contributed by atoms with E-state index >= 15 is 0 Å². The number of carbonyl (C=O) groups is 3. The van der Waals surface area contributed by atoms with Crippen LogP contribution in [0, 0.1) is 0 Å². The van der Waals surface area contributed by atoms with Crippen LogP contribution in [0.25, 0.3) is 11.3 Å². The standard InChI is InChI=1S/C56H78F3N5O15/c1-4-63(5-2)49-12-13-51(50(41-49)52-40-47(14-15-60-52)53(65)61-42-44-8-7-11-48(39-44)56(57,58)59)62-54(66)46-10-6-9-45(38-46)43-79-37-36-78-35-34-74-25-23-71-19-17-64(55(67)68)16-18-70-22-24-73-28-29-76-32-33-77-31-30-75-27-26-72-21-20-69-3/h6-15,38-41H,4-5,16-37,42-43H2,1-3H3,(H,61,65)(H,62,66)(H,67,68)/p-1. The van der Waals surface area contributed by atoms with E-state index in [2.05, 4.69) is 20.5 Å². The van der Waals surface area contributed by atoms with Crippen LogP contribution in [0.3, 0.4) is 0 Å². The van der Waals surface area contributed by atoms with Crippen molar-refractivity contribution in [3.8, 4) is 11.3 Å². The maximum Gasteiger partial charge on any atom is 0.416 e. The second-order valence-corrected chi connectivity index (χ2v) is 17.2. The summed E-state index contributed by atoms with van der Waals surface area (Å²) in [5.41, 5.74) is 3.18. The Bertz CT molecular complexity index is 2330. The highest BCUT2D eigenvalue weighted by Crippen LogP contribution is 2.33. The largest absolute Gasteiger partial charge is 0.530 e. The van der Waals surface area contributed by atoms with Gasteiger partial charge in [0.05, 0.1) is 156 Å². The fourth-order valence-corrected chi connectivity index (χ4v) is 7.33. The number of rotatable bonds is 44. The van der Waals surface area contributed by atoms with Gasteiger partial charge in [0.1, 0.15) is 6.09 Å². The molecule has 3 amide bonds. The van der Waals surface area contributed by atoms with Crippen molar-refractivity contribution in [2.45, 2.75) is 33.2 Å². The number of alkyl halides is 3. The lowest BCUT2D eigenvalue weighted by Gasteiger charge is -2.24. The molecule has 23 heteroatoms. The number of benzene rings is 3. The molecular weight excluding hydrogens is 1040 g/mol. The van der Waals surface area contributed by atoms with Crippen LogP contribution in [0.1, 0.15) is 51.3 Å². The summed E-state index contributed by atoms with van der Waals surface area (Å²) in [6.45, 7) is 13.4. The van der Waals surface area contributed by atoms with Gasteiger partial charge in [-0.2, -0.15) is 13.2 Å². The maximum atomic E-state index is 13.7. The Morgan fingerprint density at radius 1 is 0.557 bits per heavy atom. The predicted octanol–water partition coefficient (Wildman–Crippen LogP) is 5.75. The summed E-state index contributed by atoms with van der Waals surface area (Å²) in [7, 11) is 1.62. The molecule has 79 heavy (non-hydrogen) atoms. The van der Waals surface area contributed by atoms with Crippen LogP contribution in [0.4, 0.5) is 29.3 Å². The summed E-state index contributed by atoms with van der Waals surface area (Å²) >= 11 is 0. The van der Waals surface area contributed by atoms with Gasteiger partial charge in [0.15, 0.2) is 0 Å². The number of methoxy groups -OCH3 is 1. The predicted molar refractivity (Wildman–Crippen MR) is 286 cm³/mol. The summed E-state index contributed by atoms with van der Waals surface area (Å²) in [5.74, 6) is -0.885. The number of amides is 3. The van der Waals surface area contributed by atoms with Crippen molar-refractivity contribution in [3.05, 3.63) is 113 Å². The smallest absolute Gasteiger partial charge is 0.416 e. The minimum atomic E-state index is -4.51. The number of hydrogen-bond donors (Lipinski definition) is 2. The van der Waals surface area contributed by atoms with Gasteiger partial charge >= 0.3 is 6.18 Å². The average molecular weight is 1120 g/mol. The maximum absolute atomic E-state index is 13.7. The van der Waals surface area contributed by atoms with Crippen LogP contribution in [0.5, 0.6) is 0 Å². The molecule has 4 rings (SSSR count). The quantitative estimate of drug-likeness (QED) is 0.0504. The van der Waals surface area contributed by atoms with E-state index in [1.165, 1.54) is 24.4 Å². The third-order valence-corrected chi connectivity index (χ3v) is 11.5. The molecule has 0 aliphatic carbocycles. The molecule has 1 aromatic heterocycles. The second-order valence-electron chi connectivity index (χ2n) is 17.2. The van der Waals surface area contributed by atoms with E-state index in [0.717, 1.165) is 41.4 Å². The van der Waals surface area contributed by atoms with Crippen molar-refractivity contribution >= 4 is 29.3 Å². The minimum Gasteiger partial charge on any atom is -0.530 e. The number of nitrogens with one attached hydrogen (secondary N) is 2. The van der Waals surface area contributed by atoms with Crippen molar-refractivity contribution in [2.24, 2.45) is 0 Å². The van der Waals surface area contributed by atoms with E-state index in [0.29, 0.717) is 140 Å². The molecule has 2 N–H and O–H groups in total. The molecule has 20 nitrogen and oxygen atoms in total. The number of carboxylic acid groups (broad SMARTS) is 1. The first-order chi connectivity index (χ1) is 38.4. The Hall–Kier alpha value is -5.83. The average Bonchev–Trinajstić information content (AvgIpc) is 3.46. The number of carbonyl (C=O) groups excluding carboxylic acids is 3. The van der Waals surface area contributed by atoms with Gasteiger partial charge in [-0.05, 0) is 79.6 Å². The van der Waals surface area contributed by atoms with Gasteiger partial charge in [0.2, 0.25) is 0 Å². The summed E-state index contributed by atoms with van der Waals surface area (Å²) in [6.07, 6.45) is -4.36. The monoisotopic (exact) mass is 1120 g/mol. The van der Waals surface area contributed by atoms with Crippen LogP contribution in [-0.2, 0) is 71.4 Å². The molecule has 0 bridgehead atoms. The van der Waals surface area contributed by atoms with Crippen LogP contribution in [0.2, 0.25) is 0 Å². The van der Waals surface area contributed by atoms with Crippen LogP contribution in [-0.4, -0.2) is 193 Å². The fraction of sp³-hybridized carbons (Fsp3) is 0.536. The van der Waals surface area contributed by atoms with E-state index in [9.17, 15) is 32.7 Å². The first-order valence-corrected chi connectivity index (χ1v) is 26.4. The topological polar surface area (TPSA) is 219 Å². The summed E-state index contributed by atoms with van der Waals surface area (Å²) in [4.78, 5) is 46.3. The zero-order chi connectivity index (χ0) is 56.8. The molecule has 0 radical (unpaired) electrons. The lowest BCUT2D eigenvalue weighted by molar-refractivity contribution is -0.266. The van der Waals surface area contributed by atoms with Crippen molar-refractivity contribution in [3.63, 3.8) is 0 Å². The summed E-state index contributed by atoms with van der Waals surface area (Å²) in [6, 6.07) is 20.5. The Morgan fingerprint density at radius 3 is 1.57 bits per heavy atom. The lowest BCUT2D eigenvalue weighted by Crippen LogP contribution is -2.44. The lowest BCUT2D eigenvalue weighted by atomic mass is 10.0. The van der Waals surface area contributed by atoms with Gasteiger partial charge in [0, 0.05) is 68.4 Å². The molecule has 0 spiro atoms. The number of ether oxygens (including phenoxy) is 11. The Kier molecular flexibility index (Phi) is 32.9. The van der Waals surface area contributed by atoms with E-state index in [4.69, 9.17) is 52.1 Å². The Morgan fingerprint density at radius 2 is 1.05 bits per heavy atom. The summed E-state index contributed by atoms with van der Waals surface area (Å²) < 4.78 is 99.8. The SMILES string of the molecule is CCN(CC)c1ccc(NC(=O)c2cccc(COCCOCCOCCOCCN(CCOCCOCCOCCOCCOCCOCCOC)C(=O)[O-])c2)c(-c2cc(C(=O)NCc3cccc(C(F)(F)F)c3)ccn2)c1. The van der Waals surface area contributed by atoms with Crippen molar-refractivity contribution in [1.29, 1.82) is 0 Å². The number of hydrogen-bond acceptors (Lipinski definition) is 17. The zero-order valence-electron chi connectivity index (χ0n) is 45.6. The molecule has 0 atom stereocenters. The van der Waals surface area contributed by atoms with E-state index in [1.807, 2.05) is 32.0 Å². The zero-order valence-corrected chi connectivity index (χ0v) is 45.6. The van der Waals surface area contributed by atoms with Gasteiger partial charge in [-0.3, -0.25) is 14.6 Å².